The van der Waals surface area contributed by atoms with Crippen LogP contribution in [0.3, 0.4) is 0 Å². The minimum absolute atomic E-state index is 0.271. The van der Waals surface area contributed by atoms with Crippen molar-refractivity contribution in [1.29, 1.82) is 0 Å². The zero-order chi connectivity index (χ0) is 14.6. The van der Waals surface area contributed by atoms with Gasteiger partial charge in [0.15, 0.2) is 0 Å². The van der Waals surface area contributed by atoms with E-state index in [2.05, 4.69) is 15.4 Å². The molecule has 0 unspecified atom stereocenters. The zero-order valence-electron chi connectivity index (χ0n) is 7.94. The molecule has 1 aromatic heterocycles. The average Bonchev–Trinajstić information content (AvgIpc) is 2.15. The molecule has 0 saturated heterocycles. The van der Waals surface area contributed by atoms with Gasteiger partial charge in [-0.15, -0.1) is 10.2 Å². The summed E-state index contributed by atoms with van der Waals surface area (Å²) in [6.45, 7) is 0. The molecule has 1 rings (SSSR count). The van der Waals surface area contributed by atoms with Crippen molar-refractivity contribution in [2.45, 2.75) is 9.30 Å². The fourth-order valence-electron chi connectivity index (χ4n) is 0.392. The van der Waals surface area contributed by atoms with E-state index in [-0.39, 0.29) is 5.69 Å². The Kier molecular flexibility index (Phi) is 6.01. The summed E-state index contributed by atoms with van der Waals surface area (Å²) in [5, 5.41) is 10.2. The normalized spacial score (nSPS) is 12.6. The lowest BCUT2D eigenvalue weighted by molar-refractivity contribution is -0.0510. The van der Waals surface area contributed by atoms with Crippen molar-refractivity contribution >= 4 is 44.9 Å². The number of halogens is 6. The van der Waals surface area contributed by atoms with E-state index in [1.165, 1.54) is 12.3 Å². The Hall–Kier alpha value is -0.420. The second-order valence-corrected chi connectivity index (χ2v) is 6.12. The Morgan fingerprint density at radius 2 is 1.67 bits per heavy atom. The lowest BCUT2D eigenvalue weighted by Gasteiger charge is -2.06. The number of nitrogens with zero attached hydrogens (tertiary/aromatic N) is 3. The SMILES string of the molecule is ClC(Cl)(Cl)c1ccnnn1.O=S(=O)(O)C(F)(F)F. The van der Waals surface area contributed by atoms with Gasteiger partial charge in [-0.05, 0) is 11.3 Å². The Balaban J connectivity index is 0.000000331. The summed E-state index contributed by atoms with van der Waals surface area (Å²) in [6.07, 6.45) is 1.41. The van der Waals surface area contributed by atoms with Crippen molar-refractivity contribution in [1.82, 2.24) is 15.4 Å². The summed E-state index contributed by atoms with van der Waals surface area (Å²) < 4.78 is 56.0. The summed E-state index contributed by atoms with van der Waals surface area (Å²) in [7, 11) is -5.84. The molecule has 0 aliphatic rings. The van der Waals surface area contributed by atoms with Gasteiger partial charge in [-0.2, -0.15) is 21.6 Å². The Bertz CT molecular complexity index is 475. The van der Waals surface area contributed by atoms with Crippen LogP contribution >= 0.6 is 34.8 Å². The summed E-state index contributed by atoms with van der Waals surface area (Å²) in [5.41, 5.74) is -5.26. The molecule has 6 nitrogen and oxygen atoms in total. The molecule has 1 N–H and O–H groups in total. The van der Waals surface area contributed by atoms with E-state index in [0.717, 1.165) is 0 Å². The van der Waals surface area contributed by atoms with E-state index >= 15 is 0 Å². The first-order chi connectivity index (χ1) is 7.86. The molecule has 0 spiro atoms. The number of alkyl halides is 6. The van der Waals surface area contributed by atoms with Crippen LogP contribution in [0.5, 0.6) is 0 Å². The van der Waals surface area contributed by atoms with Crippen molar-refractivity contribution in [2.24, 2.45) is 0 Å². The Labute approximate surface area is 114 Å². The van der Waals surface area contributed by atoms with Crippen LogP contribution in [0.25, 0.3) is 0 Å². The maximum Gasteiger partial charge on any atom is 0.522 e. The highest BCUT2D eigenvalue weighted by atomic mass is 35.6. The summed E-state index contributed by atoms with van der Waals surface area (Å²) in [4.78, 5) is 0. The molecular weight excluding hydrogens is 345 g/mol. The molecule has 13 heteroatoms. The molecule has 0 aliphatic carbocycles. The summed E-state index contributed by atoms with van der Waals surface area (Å²) in [6, 6.07) is 1.49. The van der Waals surface area contributed by atoms with Gasteiger partial charge in [-0.25, -0.2) is 0 Å². The first kappa shape index (κ1) is 17.6. The molecule has 18 heavy (non-hydrogen) atoms. The van der Waals surface area contributed by atoms with Gasteiger partial charge in [-0.1, -0.05) is 34.8 Å². The lowest BCUT2D eigenvalue weighted by Crippen LogP contribution is -2.21. The third kappa shape index (κ3) is 6.50. The second-order valence-electron chi connectivity index (χ2n) is 2.42. The van der Waals surface area contributed by atoms with Crippen LogP contribution in [0.1, 0.15) is 5.69 Å². The van der Waals surface area contributed by atoms with Gasteiger partial charge < -0.3 is 0 Å². The number of hydrogen-bond donors (Lipinski definition) is 1. The molecule has 1 aromatic rings. The molecule has 0 saturated carbocycles. The molecule has 0 aromatic carbocycles. The summed E-state index contributed by atoms with van der Waals surface area (Å²) >= 11 is 16.4. The molecule has 0 bridgehead atoms. The van der Waals surface area contributed by atoms with Crippen LogP contribution in [0.2, 0.25) is 0 Å². The monoisotopic (exact) mass is 347 g/mol. The minimum atomic E-state index is -5.84. The molecule has 0 aliphatic heterocycles. The molecule has 1 heterocycles. The van der Waals surface area contributed by atoms with Gasteiger partial charge in [0.25, 0.3) is 0 Å². The van der Waals surface area contributed by atoms with Crippen molar-refractivity contribution in [2.75, 3.05) is 0 Å². The molecular formula is C5H3Cl3F3N3O3S. The van der Waals surface area contributed by atoms with E-state index < -0.39 is 19.4 Å². The van der Waals surface area contributed by atoms with Gasteiger partial charge in [-0.3, -0.25) is 4.55 Å². The third-order valence-electron chi connectivity index (χ3n) is 1.09. The van der Waals surface area contributed by atoms with Gasteiger partial charge in [0.05, 0.1) is 6.20 Å². The molecule has 0 atom stereocenters. The predicted molar refractivity (Wildman–Crippen MR) is 56.7 cm³/mol. The number of rotatable bonds is 0. The largest absolute Gasteiger partial charge is 0.522 e. The first-order valence-corrected chi connectivity index (χ1v) is 6.18. The third-order valence-corrected chi connectivity index (χ3v) is 2.25. The quantitative estimate of drug-likeness (QED) is 0.438. The maximum absolute atomic E-state index is 10.7. The Morgan fingerprint density at radius 3 is 1.83 bits per heavy atom. The van der Waals surface area contributed by atoms with Crippen LogP contribution in [0.15, 0.2) is 12.3 Å². The van der Waals surface area contributed by atoms with Crippen LogP contribution < -0.4 is 0 Å². The highest BCUT2D eigenvalue weighted by Crippen LogP contribution is 2.35. The fourth-order valence-corrected chi connectivity index (χ4v) is 0.695. The highest BCUT2D eigenvalue weighted by Gasteiger charge is 2.44. The highest BCUT2D eigenvalue weighted by molar-refractivity contribution is 7.86. The molecule has 0 radical (unpaired) electrons. The van der Waals surface area contributed by atoms with Crippen LogP contribution in [-0.2, 0) is 13.9 Å². The smallest absolute Gasteiger partial charge is 0.279 e. The van der Waals surface area contributed by atoms with Crippen LogP contribution in [0, 0.1) is 0 Å². The van der Waals surface area contributed by atoms with E-state index in [1.807, 2.05) is 0 Å². The van der Waals surface area contributed by atoms with Crippen molar-refractivity contribution < 1.29 is 26.1 Å². The van der Waals surface area contributed by atoms with E-state index in [1.54, 1.807) is 0 Å². The lowest BCUT2D eigenvalue weighted by atomic mass is 10.5. The van der Waals surface area contributed by atoms with Crippen molar-refractivity contribution in [3.63, 3.8) is 0 Å². The van der Waals surface area contributed by atoms with E-state index in [0.29, 0.717) is 0 Å². The van der Waals surface area contributed by atoms with Gasteiger partial charge in [0.1, 0.15) is 5.69 Å². The molecule has 0 fully saturated rings. The fraction of sp³-hybridized carbons (Fsp3) is 0.400. The molecule has 104 valence electrons. The number of aromatic nitrogens is 3. The average molecular weight is 349 g/mol. The van der Waals surface area contributed by atoms with Crippen LogP contribution in [0.4, 0.5) is 13.2 Å². The van der Waals surface area contributed by atoms with Gasteiger partial charge >= 0.3 is 15.6 Å². The van der Waals surface area contributed by atoms with Crippen molar-refractivity contribution in [3.05, 3.63) is 18.0 Å². The predicted octanol–water partition coefficient (Wildman–Crippen LogP) is 2.09. The zero-order valence-corrected chi connectivity index (χ0v) is 11.0. The van der Waals surface area contributed by atoms with E-state index in [4.69, 9.17) is 47.8 Å². The first-order valence-electron chi connectivity index (χ1n) is 3.61. The Morgan fingerprint density at radius 1 is 1.22 bits per heavy atom. The van der Waals surface area contributed by atoms with Gasteiger partial charge in [0.2, 0.25) is 3.79 Å². The molecule has 0 amide bonds. The maximum atomic E-state index is 10.7. The van der Waals surface area contributed by atoms with Crippen molar-refractivity contribution in [3.8, 4) is 0 Å². The standard InChI is InChI=1S/C4H2Cl3N3.CHF3O3S/c5-4(6,7)3-1-2-8-10-9-3;2-1(3,4)8(5,6)7/h1-2H;(H,5,6,7). The van der Waals surface area contributed by atoms with E-state index in [9.17, 15) is 13.2 Å². The summed E-state index contributed by atoms with van der Waals surface area (Å²) in [5.74, 6) is 0. The van der Waals surface area contributed by atoms with Gasteiger partial charge in [0, 0.05) is 0 Å². The number of hydrogen-bond acceptors (Lipinski definition) is 5. The minimum Gasteiger partial charge on any atom is -0.279 e. The second kappa shape index (κ2) is 6.15. The van der Waals surface area contributed by atoms with Crippen LogP contribution in [-0.4, -0.2) is 33.9 Å². The topological polar surface area (TPSA) is 93.0 Å².